The first kappa shape index (κ1) is 17.7. The third-order valence-corrected chi connectivity index (χ3v) is 5.50. The number of rotatable bonds is 2. The fraction of sp³-hybridized carbons (Fsp3) is 0.450. The Morgan fingerprint density at radius 1 is 1.26 bits per heavy atom. The summed E-state index contributed by atoms with van der Waals surface area (Å²) in [5.74, 6) is 0.897. The molecule has 1 spiro atoms. The first-order valence-corrected chi connectivity index (χ1v) is 9.22. The molecule has 0 atom stereocenters. The number of amides is 1. The average Bonchev–Trinajstić information content (AvgIpc) is 2.67. The molecule has 2 N–H and O–H groups in total. The predicted octanol–water partition coefficient (Wildman–Crippen LogP) is 2.08. The van der Waals surface area contributed by atoms with Gasteiger partial charge in [-0.15, -0.1) is 0 Å². The van der Waals surface area contributed by atoms with Gasteiger partial charge in [-0.25, -0.2) is 9.97 Å². The minimum atomic E-state index is -0.322. The molecule has 0 bridgehead atoms. The molecule has 7 nitrogen and oxygen atoms in total. The molecule has 1 saturated heterocycles. The van der Waals surface area contributed by atoms with E-state index < -0.39 is 0 Å². The molecule has 1 fully saturated rings. The van der Waals surface area contributed by atoms with E-state index in [1.54, 1.807) is 20.1 Å². The fourth-order valence-corrected chi connectivity index (χ4v) is 4.13. The summed E-state index contributed by atoms with van der Waals surface area (Å²) in [4.78, 5) is 22.8. The van der Waals surface area contributed by atoms with Crippen molar-refractivity contribution in [3.63, 3.8) is 0 Å². The van der Waals surface area contributed by atoms with Crippen molar-refractivity contribution < 1.29 is 14.3 Å². The molecule has 142 valence electrons. The molecule has 1 amide bonds. The number of aromatic nitrogens is 2. The van der Waals surface area contributed by atoms with E-state index >= 15 is 0 Å². The second kappa shape index (κ2) is 6.81. The van der Waals surface area contributed by atoms with E-state index in [-0.39, 0.29) is 17.5 Å². The van der Waals surface area contributed by atoms with Crippen LogP contribution in [0.3, 0.4) is 0 Å². The summed E-state index contributed by atoms with van der Waals surface area (Å²) in [6, 6.07) is 7.88. The molecule has 0 unspecified atom stereocenters. The Morgan fingerprint density at radius 3 is 2.74 bits per heavy atom. The van der Waals surface area contributed by atoms with Gasteiger partial charge in [0.1, 0.15) is 11.4 Å². The molecular weight excluding hydrogens is 344 g/mol. The van der Waals surface area contributed by atoms with E-state index in [9.17, 15) is 4.79 Å². The van der Waals surface area contributed by atoms with Crippen molar-refractivity contribution in [3.05, 3.63) is 46.8 Å². The lowest BCUT2D eigenvalue weighted by atomic mass is 9.79. The summed E-state index contributed by atoms with van der Waals surface area (Å²) in [6.45, 7) is 3.73. The van der Waals surface area contributed by atoms with Gasteiger partial charge in [-0.05, 0) is 55.5 Å². The topological polar surface area (TPSA) is 90.6 Å². The Morgan fingerprint density at radius 2 is 2.04 bits per heavy atom. The molecule has 7 heteroatoms. The number of likely N-dealkylation sites (tertiary alicyclic amines) is 1. The first-order chi connectivity index (χ1) is 13.0. The van der Waals surface area contributed by atoms with Crippen LogP contribution in [0.5, 0.6) is 5.75 Å². The number of nitrogens with two attached hydrogens (primary N) is 1. The van der Waals surface area contributed by atoms with Gasteiger partial charge < -0.3 is 20.1 Å². The summed E-state index contributed by atoms with van der Waals surface area (Å²) in [5.41, 5.74) is 8.92. The largest absolute Gasteiger partial charge is 0.497 e. The molecule has 2 aliphatic heterocycles. The van der Waals surface area contributed by atoms with Crippen LogP contribution >= 0.6 is 0 Å². The molecule has 2 aromatic rings. The predicted molar refractivity (Wildman–Crippen MR) is 101 cm³/mol. The van der Waals surface area contributed by atoms with E-state index in [0.29, 0.717) is 31.1 Å². The van der Waals surface area contributed by atoms with Gasteiger partial charge in [0, 0.05) is 18.8 Å². The number of ether oxygens (including phenoxy) is 2. The number of piperidine rings is 1. The number of nitrogen functional groups attached to an aromatic ring is 1. The zero-order valence-corrected chi connectivity index (χ0v) is 15.7. The number of methoxy groups -OCH3 is 1. The molecule has 2 aliphatic rings. The summed E-state index contributed by atoms with van der Waals surface area (Å²) in [6.07, 6.45) is 2.41. The van der Waals surface area contributed by atoms with E-state index in [1.807, 2.05) is 11.0 Å². The number of anilines is 1. The molecular formula is C20H24N4O3. The quantitative estimate of drug-likeness (QED) is 0.873. The highest BCUT2D eigenvalue weighted by molar-refractivity contribution is 5.92. The van der Waals surface area contributed by atoms with Crippen molar-refractivity contribution >= 4 is 11.9 Å². The number of fused-ring (bicyclic) bond motifs is 2. The van der Waals surface area contributed by atoms with Gasteiger partial charge in [0.25, 0.3) is 5.91 Å². The average molecular weight is 368 g/mol. The fourth-order valence-electron chi connectivity index (χ4n) is 4.13. The van der Waals surface area contributed by atoms with Gasteiger partial charge >= 0.3 is 0 Å². The van der Waals surface area contributed by atoms with Crippen LogP contribution in [-0.4, -0.2) is 47.6 Å². The Labute approximate surface area is 158 Å². The Hall–Kier alpha value is -2.67. The number of hydrogen-bond acceptors (Lipinski definition) is 6. The Bertz CT molecular complexity index is 855. The van der Waals surface area contributed by atoms with Crippen LogP contribution in [0.15, 0.2) is 24.3 Å². The van der Waals surface area contributed by atoms with Gasteiger partial charge in [0.15, 0.2) is 0 Å². The van der Waals surface area contributed by atoms with Gasteiger partial charge in [-0.3, -0.25) is 4.79 Å². The number of carbonyl (C=O) groups is 1. The van der Waals surface area contributed by atoms with Crippen LogP contribution < -0.4 is 10.5 Å². The first-order valence-electron chi connectivity index (χ1n) is 9.22. The lowest BCUT2D eigenvalue weighted by Gasteiger charge is -2.45. The highest BCUT2D eigenvalue weighted by Gasteiger charge is 2.42. The van der Waals surface area contributed by atoms with E-state index in [1.165, 1.54) is 11.1 Å². The molecule has 1 aromatic heterocycles. The number of carbonyl (C=O) groups excluding carboxylic acids is 1. The SMILES string of the molecule is COc1ccc2c(c1)CCOC21CCN(C(=O)c2cc(C)nc(N)n2)CC1. The van der Waals surface area contributed by atoms with Crippen molar-refractivity contribution in [2.24, 2.45) is 0 Å². The van der Waals surface area contributed by atoms with E-state index in [2.05, 4.69) is 22.1 Å². The van der Waals surface area contributed by atoms with Crippen molar-refractivity contribution in [1.29, 1.82) is 0 Å². The number of benzene rings is 1. The lowest BCUT2D eigenvalue weighted by molar-refractivity contribution is -0.0935. The summed E-state index contributed by atoms with van der Waals surface area (Å²) in [5, 5.41) is 0. The monoisotopic (exact) mass is 368 g/mol. The van der Waals surface area contributed by atoms with Crippen molar-refractivity contribution in [2.75, 3.05) is 32.5 Å². The van der Waals surface area contributed by atoms with E-state index in [4.69, 9.17) is 15.2 Å². The molecule has 1 aromatic carbocycles. The normalized spacial score (nSPS) is 18.2. The minimum Gasteiger partial charge on any atom is -0.497 e. The Balaban J connectivity index is 1.53. The van der Waals surface area contributed by atoms with Crippen LogP contribution in [0, 0.1) is 6.92 Å². The zero-order chi connectivity index (χ0) is 19.0. The molecule has 4 rings (SSSR count). The maximum Gasteiger partial charge on any atom is 0.272 e. The third-order valence-electron chi connectivity index (χ3n) is 5.50. The molecule has 0 radical (unpaired) electrons. The molecule has 0 aliphatic carbocycles. The summed E-state index contributed by atoms with van der Waals surface area (Å²) in [7, 11) is 1.68. The number of nitrogens with zero attached hydrogens (tertiary/aromatic N) is 3. The summed E-state index contributed by atoms with van der Waals surface area (Å²) < 4.78 is 11.6. The third kappa shape index (κ3) is 3.23. The van der Waals surface area contributed by atoms with Crippen LogP contribution in [0.1, 0.15) is 40.2 Å². The van der Waals surface area contributed by atoms with Crippen molar-refractivity contribution in [1.82, 2.24) is 14.9 Å². The lowest BCUT2D eigenvalue weighted by Crippen LogP contribution is -2.48. The second-order valence-corrected chi connectivity index (χ2v) is 7.16. The van der Waals surface area contributed by atoms with Gasteiger partial charge in [0.05, 0.1) is 19.3 Å². The highest BCUT2D eigenvalue weighted by Crippen LogP contribution is 2.42. The molecule has 3 heterocycles. The standard InChI is InChI=1S/C20H24N4O3/c1-13-11-17(23-19(21)22-13)18(25)24-8-6-20(7-9-24)16-4-3-15(26-2)12-14(16)5-10-27-20/h3-4,11-12H,5-10H2,1-2H3,(H2,21,22,23). The number of hydrogen-bond donors (Lipinski definition) is 1. The van der Waals surface area contributed by atoms with Crippen molar-refractivity contribution in [3.8, 4) is 5.75 Å². The summed E-state index contributed by atoms with van der Waals surface area (Å²) >= 11 is 0. The number of aryl methyl sites for hydroxylation is 1. The maximum absolute atomic E-state index is 12.8. The molecule has 27 heavy (non-hydrogen) atoms. The van der Waals surface area contributed by atoms with Crippen LogP contribution in [0.4, 0.5) is 5.95 Å². The van der Waals surface area contributed by atoms with Crippen LogP contribution in [0.25, 0.3) is 0 Å². The van der Waals surface area contributed by atoms with Crippen LogP contribution in [-0.2, 0) is 16.8 Å². The van der Waals surface area contributed by atoms with Crippen molar-refractivity contribution in [2.45, 2.75) is 31.8 Å². The maximum atomic E-state index is 12.8. The smallest absolute Gasteiger partial charge is 0.272 e. The van der Waals surface area contributed by atoms with Gasteiger partial charge in [0.2, 0.25) is 5.95 Å². The van der Waals surface area contributed by atoms with Gasteiger partial charge in [-0.2, -0.15) is 0 Å². The minimum absolute atomic E-state index is 0.104. The molecule has 0 saturated carbocycles. The Kier molecular flexibility index (Phi) is 4.47. The van der Waals surface area contributed by atoms with E-state index in [0.717, 1.165) is 25.0 Å². The zero-order valence-electron chi connectivity index (χ0n) is 15.7. The van der Waals surface area contributed by atoms with Crippen LogP contribution in [0.2, 0.25) is 0 Å². The second-order valence-electron chi connectivity index (χ2n) is 7.16. The van der Waals surface area contributed by atoms with Gasteiger partial charge in [-0.1, -0.05) is 6.07 Å². The highest BCUT2D eigenvalue weighted by atomic mass is 16.5.